The van der Waals surface area contributed by atoms with Gasteiger partial charge in [-0.2, -0.15) is 0 Å². The van der Waals surface area contributed by atoms with Crippen LogP contribution < -0.4 is 10.6 Å². The zero-order valence-electron chi connectivity index (χ0n) is 15.5. The van der Waals surface area contributed by atoms with E-state index < -0.39 is 0 Å². The molecule has 1 saturated heterocycles. The van der Waals surface area contributed by atoms with Crippen molar-refractivity contribution in [2.75, 3.05) is 33.4 Å². The van der Waals surface area contributed by atoms with Crippen LogP contribution in [0.2, 0.25) is 0 Å². The summed E-state index contributed by atoms with van der Waals surface area (Å²) in [4.78, 5) is 6.76. The molecule has 2 rings (SSSR count). The van der Waals surface area contributed by atoms with Gasteiger partial charge in [-0.1, -0.05) is 38.1 Å². The van der Waals surface area contributed by atoms with E-state index in [-0.39, 0.29) is 0 Å². The molecule has 0 bridgehead atoms. The van der Waals surface area contributed by atoms with Crippen LogP contribution in [0.15, 0.2) is 29.3 Å². The molecule has 1 aromatic rings. The van der Waals surface area contributed by atoms with E-state index in [2.05, 4.69) is 65.6 Å². The summed E-state index contributed by atoms with van der Waals surface area (Å²) in [6.45, 7) is 12.1. The van der Waals surface area contributed by atoms with E-state index in [1.807, 2.05) is 7.05 Å². The Morgan fingerprint density at radius 3 is 2.58 bits per heavy atom. The van der Waals surface area contributed by atoms with Crippen LogP contribution in [0, 0.1) is 5.92 Å². The van der Waals surface area contributed by atoms with E-state index in [9.17, 15) is 0 Å². The second kappa shape index (κ2) is 9.64. The Balaban J connectivity index is 1.86. The third-order valence-electron chi connectivity index (χ3n) is 4.55. The molecule has 1 aliphatic rings. The third kappa shape index (κ3) is 6.13. The molecule has 5 nitrogen and oxygen atoms in total. The Morgan fingerprint density at radius 1 is 1.21 bits per heavy atom. The van der Waals surface area contributed by atoms with Crippen LogP contribution >= 0.6 is 0 Å². The Bertz CT molecular complexity index is 524. The fourth-order valence-electron chi connectivity index (χ4n) is 2.62. The van der Waals surface area contributed by atoms with Crippen LogP contribution in [-0.4, -0.2) is 50.3 Å². The van der Waals surface area contributed by atoms with Crippen molar-refractivity contribution in [2.24, 2.45) is 10.9 Å². The van der Waals surface area contributed by atoms with Gasteiger partial charge in [0.2, 0.25) is 0 Å². The zero-order chi connectivity index (χ0) is 17.4. The van der Waals surface area contributed by atoms with Crippen molar-refractivity contribution in [3.63, 3.8) is 0 Å². The van der Waals surface area contributed by atoms with Gasteiger partial charge in [-0.05, 0) is 24.0 Å². The molecule has 0 aromatic heterocycles. The fourth-order valence-corrected chi connectivity index (χ4v) is 2.62. The second-order valence-electron chi connectivity index (χ2n) is 6.81. The first-order valence-electron chi connectivity index (χ1n) is 8.93. The van der Waals surface area contributed by atoms with E-state index >= 15 is 0 Å². The normalized spacial score (nSPS) is 17.8. The zero-order valence-corrected chi connectivity index (χ0v) is 15.5. The van der Waals surface area contributed by atoms with Gasteiger partial charge in [0.1, 0.15) is 0 Å². The first kappa shape index (κ1) is 18.7. The van der Waals surface area contributed by atoms with E-state index in [1.54, 1.807) is 0 Å². The lowest BCUT2D eigenvalue weighted by Gasteiger charge is -2.26. The highest BCUT2D eigenvalue weighted by Crippen LogP contribution is 2.10. The molecule has 5 heteroatoms. The molecule has 0 radical (unpaired) electrons. The van der Waals surface area contributed by atoms with Gasteiger partial charge in [0.15, 0.2) is 5.96 Å². The van der Waals surface area contributed by atoms with Crippen LogP contribution in [0.1, 0.15) is 31.9 Å². The van der Waals surface area contributed by atoms with Gasteiger partial charge in [0, 0.05) is 39.3 Å². The molecule has 134 valence electrons. The van der Waals surface area contributed by atoms with E-state index in [4.69, 9.17) is 4.74 Å². The predicted molar refractivity (Wildman–Crippen MR) is 100 cm³/mol. The molecule has 0 aliphatic carbocycles. The molecule has 1 heterocycles. The maximum atomic E-state index is 5.41. The van der Waals surface area contributed by atoms with Gasteiger partial charge in [-0.3, -0.25) is 9.89 Å². The van der Waals surface area contributed by atoms with Gasteiger partial charge in [-0.25, -0.2) is 0 Å². The van der Waals surface area contributed by atoms with Crippen molar-refractivity contribution in [3.05, 3.63) is 35.4 Å². The molecule has 1 unspecified atom stereocenters. The predicted octanol–water partition coefficient (Wildman–Crippen LogP) is 2.23. The number of nitrogens with one attached hydrogen (secondary N) is 2. The smallest absolute Gasteiger partial charge is 0.191 e. The summed E-state index contributed by atoms with van der Waals surface area (Å²) in [5.41, 5.74) is 2.63. The minimum Gasteiger partial charge on any atom is -0.379 e. The van der Waals surface area contributed by atoms with Crippen LogP contribution in [0.5, 0.6) is 0 Å². The van der Waals surface area contributed by atoms with E-state index in [0.717, 1.165) is 45.4 Å². The molecular formula is C19H32N4O. The molecule has 1 aromatic carbocycles. The Kier molecular flexibility index (Phi) is 7.53. The largest absolute Gasteiger partial charge is 0.379 e. The number of hydrogen-bond acceptors (Lipinski definition) is 3. The van der Waals surface area contributed by atoms with Crippen molar-refractivity contribution in [3.8, 4) is 0 Å². The molecular weight excluding hydrogens is 300 g/mol. The summed E-state index contributed by atoms with van der Waals surface area (Å²) >= 11 is 0. The molecule has 0 amide bonds. The van der Waals surface area contributed by atoms with Gasteiger partial charge in [-0.15, -0.1) is 0 Å². The highest BCUT2D eigenvalue weighted by molar-refractivity contribution is 5.79. The van der Waals surface area contributed by atoms with Gasteiger partial charge < -0.3 is 15.4 Å². The molecule has 1 fully saturated rings. The number of nitrogens with zero attached hydrogens (tertiary/aromatic N) is 2. The summed E-state index contributed by atoms with van der Waals surface area (Å²) in [6, 6.07) is 9.17. The minimum atomic E-state index is 0.392. The maximum Gasteiger partial charge on any atom is 0.191 e. The molecule has 24 heavy (non-hydrogen) atoms. The first-order valence-corrected chi connectivity index (χ1v) is 8.93. The van der Waals surface area contributed by atoms with Gasteiger partial charge in [0.05, 0.1) is 13.2 Å². The first-order chi connectivity index (χ1) is 11.6. The number of ether oxygens (including phenoxy) is 1. The van der Waals surface area contributed by atoms with Crippen molar-refractivity contribution < 1.29 is 4.74 Å². The third-order valence-corrected chi connectivity index (χ3v) is 4.55. The van der Waals surface area contributed by atoms with Gasteiger partial charge >= 0.3 is 0 Å². The quantitative estimate of drug-likeness (QED) is 0.619. The number of hydrogen-bond donors (Lipinski definition) is 2. The maximum absolute atomic E-state index is 5.41. The lowest BCUT2D eigenvalue weighted by Crippen LogP contribution is -2.43. The summed E-state index contributed by atoms with van der Waals surface area (Å²) in [6.07, 6.45) is 0. The van der Waals surface area contributed by atoms with Crippen LogP contribution in [0.4, 0.5) is 0 Å². The number of benzene rings is 1. The highest BCUT2D eigenvalue weighted by atomic mass is 16.5. The molecule has 0 spiro atoms. The minimum absolute atomic E-state index is 0.392. The average Bonchev–Trinajstić information content (AvgIpc) is 2.59. The summed E-state index contributed by atoms with van der Waals surface area (Å²) in [5, 5.41) is 6.84. The standard InChI is InChI=1S/C19H32N4O/c1-15(2)16(3)22-19(20-4)21-13-17-6-5-7-18(12-17)14-23-8-10-24-11-9-23/h5-7,12,15-16H,8-11,13-14H2,1-4H3,(H2,20,21,22). The Morgan fingerprint density at radius 2 is 1.92 bits per heavy atom. The summed E-state index contributed by atoms with van der Waals surface area (Å²) in [5.74, 6) is 1.43. The Labute approximate surface area is 146 Å². The number of morpholine rings is 1. The monoisotopic (exact) mass is 332 g/mol. The molecule has 1 atom stereocenters. The van der Waals surface area contributed by atoms with E-state index in [1.165, 1.54) is 11.1 Å². The lowest BCUT2D eigenvalue weighted by molar-refractivity contribution is 0.0342. The average molecular weight is 332 g/mol. The topological polar surface area (TPSA) is 48.9 Å². The lowest BCUT2D eigenvalue weighted by atomic mass is 10.1. The fraction of sp³-hybridized carbons (Fsp3) is 0.632. The van der Waals surface area contributed by atoms with Crippen LogP contribution in [-0.2, 0) is 17.8 Å². The van der Waals surface area contributed by atoms with Gasteiger partial charge in [0.25, 0.3) is 0 Å². The second-order valence-corrected chi connectivity index (χ2v) is 6.81. The number of guanidine groups is 1. The van der Waals surface area contributed by atoms with Crippen molar-refractivity contribution in [1.82, 2.24) is 15.5 Å². The van der Waals surface area contributed by atoms with Crippen LogP contribution in [0.25, 0.3) is 0 Å². The molecule has 2 N–H and O–H groups in total. The SMILES string of the molecule is CN=C(NCc1cccc(CN2CCOCC2)c1)NC(C)C(C)C. The van der Waals surface area contributed by atoms with Crippen molar-refractivity contribution >= 4 is 5.96 Å². The Hall–Kier alpha value is -1.59. The molecule has 1 aliphatic heterocycles. The summed E-state index contributed by atoms with van der Waals surface area (Å²) in [7, 11) is 1.82. The number of aliphatic imine (C=N–C) groups is 1. The summed E-state index contributed by atoms with van der Waals surface area (Å²) < 4.78 is 5.41. The van der Waals surface area contributed by atoms with Crippen molar-refractivity contribution in [1.29, 1.82) is 0 Å². The van der Waals surface area contributed by atoms with E-state index in [0.29, 0.717) is 12.0 Å². The molecule has 0 saturated carbocycles. The number of rotatable bonds is 6. The van der Waals surface area contributed by atoms with Crippen LogP contribution in [0.3, 0.4) is 0 Å². The highest BCUT2D eigenvalue weighted by Gasteiger charge is 2.11. The van der Waals surface area contributed by atoms with Crippen molar-refractivity contribution in [2.45, 2.75) is 39.9 Å².